The smallest absolute Gasteiger partial charge is 0.418 e. The second-order valence-corrected chi connectivity index (χ2v) is 3.42. The SMILES string of the molecule is CCC[CH]CCCCCC.F[B-](F)(F)F. The van der Waals surface area contributed by atoms with Crippen molar-refractivity contribution in [1.82, 2.24) is 0 Å². The molecule has 5 heteroatoms. The zero-order valence-electron chi connectivity index (χ0n) is 9.62. The highest BCUT2D eigenvalue weighted by Crippen LogP contribution is 2.07. The van der Waals surface area contributed by atoms with Crippen molar-refractivity contribution in [2.75, 3.05) is 0 Å². The molecule has 0 aliphatic rings. The van der Waals surface area contributed by atoms with Crippen LogP contribution in [0.4, 0.5) is 17.3 Å². The van der Waals surface area contributed by atoms with E-state index in [9.17, 15) is 17.3 Å². The number of unbranched alkanes of at least 4 members (excludes halogenated alkanes) is 7. The van der Waals surface area contributed by atoms with Crippen molar-refractivity contribution in [1.29, 1.82) is 0 Å². The lowest BCUT2D eigenvalue weighted by molar-refractivity contribution is 0.368. The first-order valence-corrected chi connectivity index (χ1v) is 5.60. The van der Waals surface area contributed by atoms with E-state index in [-0.39, 0.29) is 0 Å². The van der Waals surface area contributed by atoms with E-state index < -0.39 is 7.25 Å². The van der Waals surface area contributed by atoms with Gasteiger partial charge in [-0.25, -0.2) is 0 Å². The first kappa shape index (κ1) is 17.2. The standard InChI is InChI=1S/C10H21.BF4/c1-3-5-7-9-10-8-6-4-2;2-1(3,4)5/h7H,3-6,8-10H2,1-2H3;/q;-1. The predicted octanol–water partition coefficient (Wildman–Crippen LogP) is 5.26. The Morgan fingerprint density at radius 2 is 1.33 bits per heavy atom. The highest BCUT2D eigenvalue weighted by molar-refractivity contribution is 6.50. The van der Waals surface area contributed by atoms with E-state index in [0.29, 0.717) is 0 Å². The first-order chi connectivity index (χ1) is 6.91. The minimum absolute atomic E-state index is 1.31. The fourth-order valence-corrected chi connectivity index (χ4v) is 1.06. The topological polar surface area (TPSA) is 0 Å². The summed E-state index contributed by atoms with van der Waals surface area (Å²) in [5, 5.41) is 0. The molecule has 0 saturated heterocycles. The van der Waals surface area contributed by atoms with Crippen LogP contribution in [0.2, 0.25) is 0 Å². The molecule has 0 bridgehead atoms. The van der Waals surface area contributed by atoms with Crippen molar-refractivity contribution < 1.29 is 17.3 Å². The van der Waals surface area contributed by atoms with Crippen LogP contribution < -0.4 is 0 Å². The van der Waals surface area contributed by atoms with Gasteiger partial charge in [-0.15, -0.1) is 0 Å². The summed E-state index contributed by atoms with van der Waals surface area (Å²) < 4.78 is 39.0. The van der Waals surface area contributed by atoms with E-state index in [4.69, 9.17) is 0 Å². The molecule has 0 unspecified atom stereocenters. The molecule has 0 heterocycles. The van der Waals surface area contributed by atoms with Gasteiger partial charge in [0.25, 0.3) is 0 Å². The van der Waals surface area contributed by atoms with Gasteiger partial charge in [-0.05, 0) is 6.42 Å². The Hall–Kier alpha value is -0.215. The van der Waals surface area contributed by atoms with Gasteiger partial charge in [-0.1, -0.05) is 58.8 Å². The predicted molar refractivity (Wildman–Crippen MR) is 58.2 cm³/mol. The van der Waals surface area contributed by atoms with Gasteiger partial charge in [0.15, 0.2) is 0 Å². The van der Waals surface area contributed by atoms with Crippen molar-refractivity contribution in [2.24, 2.45) is 0 Å². The minimum atomic E-state index is -6.00. The Kier molecular flexibility index (Phi) is 13.6. The van der Waals surface area contributed by atoms with Gasteiger partial charge in [0.2, 0.25) is 0 Å². The van der Waals surface area contributed by atoms with Crippen molar-refractivity contribution in [3.05, 3.63) is 6.42 Å². The quantitative estimate of drug-likeness (QED) is 0.316. The van der Waals surface area contributed by atoms with Crippen molar-refractivity contribution in [2.45, 2.75) is 58.8 Å². The molecule has 0 atom stereocenters. The molecule has 0 rings (SSSR count). The summed E-state index contributed by atoms with van der Waals surface area (Å²) in [7, 11) is -6.00. The van der Waals surface area contributed by atoms with Gasteiger partial charge in [0.05, 0.1) is 0 Å². The maximum absolute atomic E-state index is 9.75. The molecule has 0 spiro atoms. The van der Waals surface area contributed by atoms with Crippen molar-refractivity contribution in [3.63, 3.8) is 0 Å². The molecule has 0 N–H and O–H groups in total. The number of hydrogen-bond acceptors (Lipinski definition) is 0. The highest BCUT2D eigenvalue weighted by atomic mass is 19.5. The third-order valence-corrected chi connectivity index (χ3v) is 1.75. The van der Waals surface area contributed by atoms with Crippen molar-refractivity contribution >= 4 is 7.25 Å². The molecular weight excluding hydrogens is 207 g/mol. The first-order valence-electron chi connectivity index (χ1n) is 5.60. The average molecular weight is 228 g/mol. The molecule has 0 aromatic heterocycles. The maximum atomic E-state index is 9.75. The number of hydrogen-bond donors (Lipinski definition) is 0. The van der Waals surface area contributed by atoms with Crippen LogP contribution >= 0.6 is 0 Å². The summed E-state index contributed by atoms with van der Waals surface area (Å²) in [5.74, 6) is 0. The molecule has 1 radical (unpaired) electrons. The summed E-state index contributed by atoms with van der Waals surface area (Å²) in [6.07, 6.45) is 12.0. The van der Waals surface area contributed by atoms with E-state index in [1.54, 1.807) is 0 Å². The van der Waals surface area contributed by atoms with Gasteiger partial charge in [-0.3, -0.25) is 0 Å². The van der Waals surface area contributed by atoms with Crippen LogP contribution in [0.1, 0.15) is 58.8 Å². The fraction of sp³-hybridized carbons (Fsp3) is 0.900. The summed E-state index contributed by atoms with van der Waals surface area (Å²) in [5.41, 5.74) is 0. The molecule has 0 amide bonds. The van der Waals surface area contributed by atoms with Crippen LogP contribution in [0.3, 0.4) is 0 Å². The highest BCUT2D eigenvalue weighted by Gasteiger charge is 2.20. The third-order valence-electron chi connectivity index (χ3n) is 1.75. The van der Waals surface area contributed by atoms with Crippen LogP contribution in [0.5, 0.6) is 0 Å². The molecule has 0 nitrogen and oxygen atoms in total. The molecular formula is C10H21BF4-. The van der Waals surface area contributed by atoms with Crippen LogP contribution in [0.25, 0.3) is 0 Å². The number of rotatable bonds is 7. The Morgan fingerprint density at radius 1 is 0.800 bits per heavy atom. The number of halogens is 4. The van der Waals surface area contributed by atoms with E-state index in [1.165, 1.54) is 44.9 Å². The van der Waals surface area contributed by atoms with Crippen LogP contribution in [0, 0.1) is 6.42 Å². The lowest BCUT2D eigenvalue weighted by atomic mass is 10.1. The monoisotopic (exact) mass is 228 g/mol. The molecule has 0 aliphatic heterocycles. The maximum Gasteiger partial charge on any atom is 0.673 e. The van der Waals surface area contributed by atoms with Gasteiger partial charge < -0.3 is 17.3 Å². The van der Waals surface area contributed by atoms with Crippen molar-refractivity contribution in [3.8, 4) is 0 Å². The Labute approximate surface area is 90.5 Å². The van der Waals surface area contributed by atoms with Gasteiger partial charge in [-0.2, -0.15) is 0 Å². The summed E-state index contributed by atoms with van der Waals surface area (Å²) in [4.78, 5) is 0. The second kappa shape index (κ2) is 11.9. The zero-order chi connectivity index (χ0) is 12.2. The van der Waals surface area contributed by atoms with E-state index in [2.05, 4.69) is 20.3 Å². The van der Waals surface area contributed by atoms with Crippen LogP contribution in [0.15, 0.2) is 0 Å². The Bertz CT molecular complexity index is 100. The second-order valence-electron chi connectivity index (χ2n) is 3.42. The molecule has 0 aliphatic carbocycles. The van der Waals surface area contributed by atoms with Crippen LogP contribution in [-0.2, 0) is 0 Å². The Balaban J connectivity index is 0. The zero-order valence-corrected chi connectivity index (χ0v) is 9.62. The van der Waals surface area contributed by atoms with E-state index in [1.807, 2.05) is 0 Å². The lowest BCUT2D eigenvalue weighted by Gasteiger charge is -1.97. The molecule has 0 aromatic carbocycles. The van der Waals surface area contributed by atoms with Gasteiger partial charge in [0.1, 0.15) is 0 Å². The summed E-state index contributed by atoms with van der Waals surface area (Å²) >= 11 is 0. The normalized spacial score (nSPS) is 10.8. The molecule has 0 saturated carbocycles. The fourth-order valence-electron chi connectivity index (χ4n) is 1.06. The molecule has 15 heavy (non-hydrogen) atoms. The van der Waals surface area contributed by atoms with Gasteiger partial charge in [0, 0.05) is 0 Å². The minimum Gasteiger partial charge on any atom is -0.418 e. The van der Waals surface area contributed by atoms with E-state index in [0.717, 1.165) is 0 Å². The Morgan fingerprint density at radius 3 is 1.73 bits per heavy atom. The molecule has 0 aromatic rings. The molecule has 93 valence electrons. The summed E-state index contributed by atoms with van der Waals surface area (Å²) in [6, 6.07) is 0. The average Bonchev–Trinajstić information content (AvgIpc) is 2.08. The lowest BCUT2D eigenvalue weighted by Crippen LogP contribution is -2.02. The largest absolute Gasteiger partial charge is 0.673 e. The van der Waals surface area contributed by atoms with Crippen LogP contribution in [-0.4, -0.2) is 7.25 Å². The van der Waals surface area contributed by atoms with E-state index >= 15 is 0 Å². The van der Waals surface area contributed by atoms with Gasteiger partial charge >= 0.3 is 7.25 Å². The summed E-state index contributed by atoms with van der Waals surface area (Å²) in [6.45, 7) is 4.50. The molecule has 0 fully saturated rings. The third kappa shape index (κ3) is 41.6.